The van der Waals surface area contributed by atoms with Crippen molar-refractivity contribution in [2.24, 2.45) is 0 Å². The summed E-state index contributed by atoms with van der Waals surface area (Å²) in [4.78, 5) is 10.2. The van der Waals surface area contributed by atoms with Crippen LogP contribution >= 0.6 is 0 Å². The van der Waals surface area contributed by atoms with Crippen LogP contribution in [0.5, 0.6) is 0 Å². The number of aromatic nitrogens is 2. The molecule has 0 N–H and O–H groups in total. The molecule has 3 heteroatoms. The Morgan fingerprint density at radius 2 is 0.965 bits per heavy atom. The molecule has 0 aliphatic rings. The molecule has 2 heterocycles. The molecule has 0 amide bonds. The van der Waals surface area contributed by atoms with Crippen molar-refractivity contribution < 1.29 is 4.42 Å². The number of nitrogens with zero attached hydrogens (tertiary/aromatic N) is 2. The van der Waals surface area contributed by atoms with Crippen molar-refractivity contribution in [3.05, 3.63) is 194 Å². The van der Waals surface area contributed by atoms with Crippen LogP contribution in [-0.4, -0.2) is 9.97 Å². The fraction of sp³-hybridized carbons (Fsp3) is 0. The van der Waals surface area contributed by atoms with Gasteiger partial charge in [0.1, 0.15) is 11.2 Å². The highest BCUT2D eigenvalue weighted by molar-refractivity contribution is 6.26. The largest absolute Gasteiger partial charge is 0.456 e. The number of benzene rings is 9. The van der Waals surface area contributed by atoms with Gasteiger partial charge in [-0.25, -0.2) is 9.97 Å². The molecule has 12 rings (SSSR count). The van der Waals surface area contributed by atoms with Crippen LogP contribution < -0.4 is 0 Å². The molecule has 0 aliphatic carbocycles. The maximum atomic E-state index is 6.62. The molecular formula is C54H30N2O. The summed E-state index contributed by atoms with van der Waals surface area (Å²) in [7, 11) is 0. The molecule has 0 aliphatic heterocycles. The van der Waals surface area contributed by atoms with Crippen LogP contribution in [-0.2, 0) is 0 Å². The average Bonchev–Trinajstić information content (AvgIpc) is 3.67. The van der Waals surface area contributed by atoms with E-state index in [2.05, 4.69) is 152 Å². The number of fused-ring (bicyclic) bond motifs is 12. The zero-order valence-electron chi connectivity index (χ0n) is 30.6. The van der Waals surface area contributed by atoms with Crippen molar-refractivity contribution in [2.75, 3.05) is 0 Å². The summed E-state index contributed by atoms with van der Waals surface area (Å²) < 4.78 is 6.62. The zero-order chi connectivity index (χ0) is 37.5. The topological polar surface area (TPSA) is 38.9 Å². The molecule has 0 saturated heterocycles. The van der Waals surface area contributed by atoms with Crippen LogP contribution in [0, 0.1) is 12.1 Å². The minimum absolute atomic E-state index is 0.683. The summed E-state index contributed by atoms with van der Waals surface area (Å²) in [5, 5.41) is 12.6. The molecule has 0 spiro atoms. The van der Waals surface area contributed by atoms with Gasteiger partial charge in [0.2, 0.25) is 0 Å². The van der Waals surface area contributed by atoms with E-state index < -0.39 is 0 Å². The Kier molecular flexibility index (Phi) is 6.84. The number of hydrogen-bond acceptors (Lipinski definition) is 3. The number of hydrogen-bond donors (Lipinski definition) is 0. The molecule has 3 nitrogen and oxygen atoms in total. The Bertz CT molecular complexity index is 3530. The second-order valence-electron chi connectivity index (χ2n) is 14.7. The first-order chi connectivity index (χ1) is 28.2. The van der Waals surface area contributed by atoms with Gasteiger partial charge in [-0.05, 0) is 84.9 Å². The van der Waals surface area contributed by atoms with Crippen LogP contribution in [0.1, 0.15) is 0 Å². The Hall–Kier alpha value is -7.80. The Labute approximate surface area is 328 Å². The summed E-state index contributed by atoms with van der Waals surface area (Å²) in [5.74, 6) is 0.683. The van der Waals surface area contributed by atoms with Gasteiger partial charge in [0.15, 0.2) is 5.82 Å². The summed E-state index contributed by atoms with van der Waals surface area (Å²) in [6, 6.07) is 71.3. The van der Waals surface area contributed by atoms with Gasteiger partial charge < -0.3 is 4.42 Å². The van der Waals surface area contributed by atoms with Crippen LogP contribution in [0.4, 0.5) is 0 Å². The van der Waals surface area contributed by atoms with Crippen molar-refractivity contribution in [1.29, 1.82) is 0 Å². The van der Waals surface area contributed by atoms with Crippen LogP contribution in [0.15, 0.2) is 186 Å². The van der Waals surface area contributed by atoms with E-state index in [1.807, 2.05) is 42.5 Å². The normalized spacial score (nSPS) is 11.7. The third kappa shape index (κ3) is 4.95. The van der Waals surface area contributed by atoms with Crippen molar-refractivity contribution in [3.63, 3.8) is 0 Å². The van der Waals surface area contributed by atoms with Gasteiger partial charge in [-0.3, -0.25) is 0 Å². The molecule has 0 bridgehead atoms. The van der Waals surface area contributed by atoms with Gasteiger partial charge in [0, 0.05) is 32.7 Å². The fourth-order valence-electron chi connectivity index (χ4n) is 8.78. The SMILES string of the molecule is c1c2cc(-c3cc(-c4ccc5c6ccccc6c6ccccc6c5c4)c4c(c3)oc3ccccc34)ccc2c2nc(-c3ccccc3)nc(-c3ccccc3)c2c#1. The van der Waals surface area contributed by atoms with E-state index in [1.165, 1.54) is 32.3 Å². The standard InChI is InChI=1S/C54H30N2O/c1-3-13-33(14-4-1)52-46-28-25-36-29-35(23-26-39(36)53(46)56-54(55-52)34-15-5-2-6-16-34)38-31-47(51-45-21-11-12-22-49(45)57-50(51)32-38)37-24-27-44-42-19-8-7-17-40(42)41-18-9-10-20-43(41)48(44)30-37/h1-24,26-27,29-32H. The molecule has 262 valence electrons. The molecule has 0 radical (unpaired) electrons. The first kappa shape index (κ1) is 31.5. The van der Waals surface area contributed by atoms with Crippen LogP contribution in [0.2, 0.25) is 0 Å². The van der Waals surface area contributed by atoms with E-state index in [4.69, 9.17) is 14.4 Å². The second-order valence-corrected chi connectivity index (χ2v) is 14.7. The van der Waals surface area contributed by atoms with E-state index in [-0.39, 0.29) is 0 Å². The van der Waals surface area contributed by atoms with Gasteiger partial charge >= 0.3 is 0 Å². The molecule has 0 atom stereocenters. The fourth-order valence-corrected chi connectivity index (χ4v) is 8.78. The smallest absolute Gasteiger partial charge is 0.160 e. The molecule has 0 saturated carbocycles. The lowest BCUT2D eigenvalue weighted by Gasteiger charge is -2.14. The maximum absolute atomic E-state index is 6.62. The monoisotopic (exact) mass is 722 g/mol. The quantitative estimate of drug-likeness (QED) is 0.170. The van der Waals surface area contributed by atoms with E-state index >= 15 is 0 Å². The lowest BCUT2D eigenvalue weighted by molar-refractivity contribution is 0.669. The molecule has 0 fully saturated rings. The average molecular weight is 723 g/mol. The predicted molar refractivity (Wildman–Crippen MR) is 236 cm³/mol. The Morgan fingerprint density at radius 3 is 1.70 bits per heavy atom. The number of rotatable bonds is 4. The van der Waals surface area contributed by atoms with E-state index in [9.17, 15) is 0 Å². The first-order valence-electron chi connectivity index (χ1n) is 19.2. The van der Waals surface area contributed by atoms with E-state index in [1.54, 1.807) is 0 Å². The van der Waals surface area contributed by atoms with Crippen LogP contribution in [0.3, 0.4) is 0 Å². The molecule has 57 heavy (non-hydrogen) atoms. The highest BCUT2D eigenvalue weighted by atomic mass is 16.3. The van der Waals surface area contributed by atoms with Crippen LogP contribution in [0.25, 0.3) is 121 Å². The zero-order valence-corrected chi connectivity index (χ0v) is 30.6. The summed E-state index contributed by atoms with van der Waals surface area (Å²) in [6.07, 6.45) is 0. The lowest BCUT2D eigenvalue weighted by atomic mass is 9.90. The Morgan fingerprint density at radius 1 is 0.368 bits per heavy atom. The van der Waals surface area contributed by atoms with Crippen molar-refractivity contribution >= 4 is 75.9 Å². The minimum Gasteiger partial charge on any atom is -0.456 e. The first-order valence-corrected chi connectivity index (χ1v) is 19.2. The molecule has 10 aromatic carbocycles. The van der Waals surface area contributed by atoms with Crippen molar-refractivity contribution in [3.8, 4) is 44.9 Å². The van der Waals surface area contributed by atoms with E-state index in [0.29, 0.717) is 5.82 Å². The van der Waals surface area contributed by atoms with Gasteiger partial charge in [-0.15, -0.1) is 0 Å². The van der Waals surface area contributed by atoms with Gasteiger partial charge in [-0.1, -0.05) is 164 Å². The lowest BCUT2D eigenvalue weighted by Crippen LogP contribution is -1.95. The minimum atomic E-state index is 0.683. The van der Waals surface area contributed by atoms with Gasteiger partial charge in [0.05, 0.1) is 16.6 Å². The highest BCUT2D eigenvalue weighted by Gasteiger charge is 2.19. The molecule has 12 aromatic rings. The Balaban J connectivity index is 1.08. The summed E-state index contributed by atoms with van der Waals surface area (Å²) in [6.45, 7) is 0. The maximum Gasteiger partial charge on any atom is 0.160 e. The van der Waals surface area contributed by atoms with E-state index in [0.717, 1.165) is 82.7 Å². The highest BCUT2D eigenvalue weighted by Crippen LogP contribution is 2.43. The summed E-state index contributed by atoms with van der Waals surface area (Å²) >= 11 is 0. The van der Waals surface area contributed by atoms with Gasteiger partial charge in [-0.2, -0.15) is 0 Å². The second kappa shape index (κ2) is 12.4. The van der Waals surface area contributed by atoms with Crippen molar-refractivity contribution in [2.45, 2.75) is 0 Å². The summed E-state index contributed by atoms with van der Waals surface area (Å²) in [5.41, 5.74) is 9.82. The molecular weight excluding hydrogens is 693 g/mol. The predicted octanol–water partition coefficient (Wildman–Crippen LogP) is 14.4. The van der Waals surface area contributed by atoms with Crippen molar-refractivity contribution in [1.82, 2.24) is 9.97 Å². The molecule has 2 aromatic heterocycles. The molecule has 0 unspecified atom stereocenters. The number of para-hydroxylation sites is 1. The third-order valence-electron chi connectivity index (χ3n) is 11.5. The number of furan rings is 1. The third-order valence-corrected chi connectivity index (χ3v) is 11.5. The van der Waals surface area contributed by atoms with Gasteiger partial charge in [0.25, 0.3) is 0 Å².